The molecule has 90 valence electrons. The van der Waals surface area contributed by atoms with Gasteiger partial charge in [-0.2, -0.15) is 13.2 Å². The van der Waals surface area contributed by atoms with Crippen LogP contribution in [0.25, 0.3) is 0 Å². The molecule has 1 rings (SSSR count). The molecule has 5 heteroatoms. The lowest BCUT2D eigenvalue weighted by molar-refractivity contribution is -0.140. The molecule has 0 aromatic rings. The molecule has 0 bridgehead atoms. The Morgan fingerprint density at radius 2 is 2.00 bits per heavy atom. The largest absolute Gasteiger partial charge is 0.390 e. The minimum absolute atomic E-state index is 0.208. The molecule has 0 aromatic heterocycles. The molecule has 1 N–H and O–H groups in total. The van der Waals surface area contributed by atoms with Crippen LogP contribution < -0.4 is 5.32 Å². The molecular weight excluding hydrogens is 207 g/mol. The van der Waals surface area contributed by atoms with Crippen molar-refractivity contribution in [2.75, 3.05) is 13.7 Å². The standard InChI is InChI=1S/C10H18F3NO/c1-8(6-10(11,12)13)14-7-9(15-2)4-3-5-9/h8,14H,3-7H2,1-2H3. The van der Waals surface area contributed by atoms with E-state index in [-0.39, 0.29) is 5.60 Å². The van der Waals surface area contributed by atoms with Crippen LogP contribution in [0.3, 0.4) is 0 Å². The van der Waals surface area contributed by atoms with Crippen molar-refractivity contribution in [3.63, 3.8) is 0 Å². The Bertz CT molecular complexity index is 196. The van der Waals surface area contributed by atoms with E-state index in [9.17, 15) is 13.2 Å². The van der Waals surface area contributed by atoms with Gasteiger partial charge in [-0.3, -0.25) is 0 Å². The van der Waals surface area contributed by atoms with Gasteiger partial charge in [0.1, 0.15) is 0 Å². The zero-order valence-corrected chi connectivity index (χ0v) is 9.16. The number of alkyl halides is 3. The predicted octanol–water partition coefficient (Wildman–Crippen LogP) is 2.49. The van der Waals surface area contributed by atoms with E-state index in [1.54, 1.807) is 14.0 Å². The third kappa shape index (κ3) is 3.99. The van der Waals surface area contributed by atoms with E-state index in [1.807, 2.05) is 0 Å². The Balaban J connectivity index is 2.24. The van der Waals surface area contributed by atoms with Crippen LogP contribution in [0.4, 0.5) is 13.2 Å². The quantitative estimate of drug-likeness (QED) is 0.776. The molecule has 0 spiro atoms. The highest BCUT2D eigenvalue weighted by Gasteiger charge is 2.38. The third-order valence-electron chi connectivity index (χ3n) is 3.01. The SMILES string of the molecule is COC1(CNC(C)CC(F)(F)F)CCC1. The number of hydrogen-bond acceptors (Lipinski definition) is 2. The van der Waals surface area contributed by atoms with Crippen molar-refractivity contribution in [3.8, 4) is 0 Å². The molecule has 1 atom stereocenters. The van der Waals surface area contributed by atoms with Crippen LogP contribution in [0.5, 0.6) is 0 Å². The first kappa shape index (κ1) is 12.8. The minimum Gasteiger partial charge on any atom is -0.377 e. The summed E-state index contributed by atoms with van der Waals surface area (Å²) in [6.07, 6.45) is -1.90. The van der Waals surface area contributed by atoms with E-state index in [0.29, 0.717) is 6.54 Å². The lowest BCUT2D eigenvalue weighted by atomic mass is 9.80. The van der Waals surface area contributed by atoms with E-state index in [0.717, 1.165) is 19.3 Å². The molecule has 1 saturated carbocycles. The van der Waals surface area contributed by atoms with Crippen molar-refractivity contribution >= 4 is 0 Å². The summed E-state index contributed by atoms with van der Waals surface area (Å²) >= 11 is 0. The number of hydrogen-bond donors (Lipinski definition) is 1. The summed E-state index contributed by atoms with van der Waals surface area (Å²) in [6.45, 7) is 2.07. The average Bonchev–Trinajstić information content (AvgIpc) is 1.99. The normalized spacial score (nSPS) is 22.2. The van der Waals surface area contributed by atoms with Gasteiger partial charge in [-0.05, 0) is 26.2 Å². The summed E-state index contributed by atoms with van der Waals surface area (Å²) in [5.74, 6) is 0. The lowest BCUT2D eigenvalue weighted by Crippen LogP contribution is -2.50. The minimum atomic E-state index is -4.09. The Morgan fingerprint density at radius 3 is 2.33 bits per heavy atom. The van der Waals surface area contributed by atoms with Gasteiger partial charge in [-0.15, -0.1) is 0 Å². The maximum atomic E-state index is 12.0. The molecule has 0 saturated heterocycles. The fourth-order valence-corrected chi connectivity index (χ4v) is 1.80. The highest BCUT2D eigenvalue weighted by molar-refractivity contribution is 4.92. The van der Waals surface area contributed by atoms with Crippen molar-refractivity contribution in [3.05, 3.63) is 0 Å². The van der Waals surface area contributed by atoms with Crippen LogP contribution in [0.2, 0.25) is 0 Å². The van der Waals surface area contributed by atoms with Crippen LogP contribution in [0, 0.1) is 0 Å². The van der Waals surface area contributed by atoms with Gasteiger partial charge < -0.3 is 10.1 Å². The summed E-state index contributed by atoms with van der Waals surface area (Å²) in [7, 11) is 1.62. The molecule has 1 fully saturated rings. The van der Waals surface area contributed by atoms with Gasteiger partial charge in [0.05, 0.1) is 12.0 Å². The second-order valence-electron chi connectivity index (χ2n) is 4.34. The number of ether oxygens (including phenoxy) is 1. The van der Waals surface area contributed by atoms with Gasteiger partial charge in [0.15, 0.2) is 0 Å². The fraction of sp³-hybridized carbons (Fsp3) is 1.00. The van der Waals surface area contributed by atoms with Gasteiger partial charge in [0.25, 0.3) is 0 Å². The van der Waals surface area contributed by atoms with Gasteiger partial charge in [-0.1, -0.05) is 0 Å². The topological polar surface area (TPSA) is 21.3 Å². The van der Waals surface area contributed by atoms with Crippen molar-refractivity contribution < 1.29 is 17.9 Å². The molecular formula is C10H18F3NO. The summed E-state index contributed by atoms with van der Waals surface area (Å²) < 4.78 is 41.4. The molecule has 0 heterocycles. The molecule has 0 amide bonds. The van der Waals surface area contributed by atoms with Crippen molar-refractivity contribution in [2.45, 2.75) is 50.4 Å². The third-order valence-corrected chi connectivity index (χ3v) is 3.01. The summed E-state index contributed by atoms with van der Waals surface area (Å²) in [5, 5.41) is 2.89. The molecule has 2 nitrogen and oxygen atoms in total. The fourth-order valence-electron chi connectivity index (χ4n) is 1.80. The van der Waals surface area contributed by atoms with Crippen molar-refractivity contribution in [1.29, 1.82) is 0 Å². The van der Waals surface area contributed by atoms with Gasteiger partial charge >= 0.3 is 6.18 Å². The van der Waals surface area contributed by atoms with Crippen LogP contribution in [0.1, 0.15) is 32.6 Å². The Hall–Kier alpha value is -0.290. The Morgan fingerprint density at radius 1 is 1.40 bits per heavy atom. The van der Waals surface area contributed by atoms with E-state index in [4.69, 9.17) is 4.74 Å². The van der Waals surface area contributed by atoms with Crippen LogP contribution >= 0.6 is 0 Å². The Kier molecular flexibility index (Phi) is 4.00. The summed E-state index contributed by atoms with van der Waals surface area (Å²) in [6, 6.07) is -0.544. The molecule has 0 aromatic carbocycles. The first-order valence-corrected chi connectivity index (χ1v) is 5.22. The molecule has 15 heavy (non-hydrogen) atoms. The zero-order valence-electron chi connectivity index (χ0n) is 9.16. The summed E-state index contributed by atoms with van der Waals surface area (Å²) in [4.78, 5) is 0. The first-order chi connectivity index (χ1) is 6.87. The van der Waals surface area contributed by atoms with Crippen molar-refractivity contribution in [2.24, 2.45) is 0 Å². The van der Waals surface area contributed by atoms with E-state index >= 15 is 0 Å². The Labute approximate surface area is 88.2 Å². The zero-order chi connectivity index (χ0) is 11.5. The highest BCUT2D eigenvalue weighted by atomic mass is 19.4. The second-order valence-corrected chi connectivity index (χ2v) is 4.34. The number of rotatable bonds is 5. The molecule has 0 radical (unpaired) electrons. The average molecular weight is 225 g/mol. The van der Waals surface area contributed by atoms with Crippen LogP contribution in [-0.2, 0) is 4.74 Å². The summed E-state index contributed by atoms with van der Waals surface area (Å²) in [5.41, 5.74) is -0.208. The van der Waals surface area contributed by atoms with E-state index in [2.05, 4.69) is 5.32 Å². The smallest absolute Gasteiger partial charge is 0.377 e. The first-order valence-electron chi connectivity index (χ1n) is 5.22. The maximum absolute atomic E-state index is 12.0. The molecule has 1 aliphatic carbocycles. The van der Waals surface area contributed by atoms with Gasteiger partial charge in [0, 0.05) is 19.7 Å². The van der Waals surface area contributed by atoms with E-state index in [1.165, 1.54) is 0 Å². The monoisotopic (exact) mass is 225 g/mol. The number of nitrogens with one attached hydrogen (secondary N) is 1. The molecule has 1 aliphatic rings. The highest BCUT2D eigenvalue weighted by Crippen LogP contribution is 2.34. The molecule has 1 unspecified atom stereocenters. The van der Waals surface area contributed by atoms with Crippen LogP contribution in [-0.4, -0.2) is 31.5 Å². The molecule has 0 aliphatic heterocycles. The predicted molar refractivity (Wildman–Crippen MR) is 51.7 cm³/mol. The van der Waals surface area contributed by atoms with Gasteiger partial charge in [0.2, 0.25) is 0 Å². The van der Waals surface area contributed by atoms with E-state index < -0.39 is 18.6 Å². The van der Waals surface area contributed by atoms with Gasteiger partial charge in [-0.25, -0.2) is 0 Å². The number of halogens is 3. The lowest BCUT2D eigenvalue weighted by Gasteiger charge is -2.41. The van der Waals surface area contributed by atoms with Crippen LogP contribution in [0.15, 0.2) is 0 Å². The number of methoxy groups -OCH3 is 1. The maximum Gasteiger partial charge on any atom is 0.390 e. The second kappa shape index (κ2) is 4.70. The van der Waals surface area contributed by atoms with Crippen molar-refractivity contribution in [1.82, 2.24) is 5.32 Å².